The van der Waals surface area contributed by atoms with Gasteiger partial charge in [-0.2, -0.15) is 9.67 Å². The van der Waals surface area contributed by atoms with E-state index in [1.54, 1.807) is 42.1 Å². The van der Waals surface area contributed by atoms with Gasteiger partial charge in [-0.25, -0.2) is 4.68 Å². The van der Waals surface area contributed by atoms with Gasteiger partial charge < -0.3 is 5.11 Å². The Labute approximate surface area is 180 Å². The summed E-state index contributed by atoms with van der Waals surface area (Å²) in [7, 11) is 0. The SMILES string of the molecule is Cc1ccc[n+](C2=C(c3c(C)nn(-c4ccccc4)c3[O-])C(=O)N(CC(C)C)C2=O)c1. The largest absolute Gasteiger partial charge is 0.858 e. The van der Waals surface area contributed by atoms with Crippen LogP contribution < -0.4 is 9.67 Å². The van der Waals surface area contributed by atoms with Crippen molar-refractivity contribution in [3.63, 3.8) is 0 Å². The zero-order valence-corrected chi connectivity index (χ0v) is 18.0. The van der Waals surface area contributed by atoms with E-state index < -0.39 is 17.7 Å². The summed E-state index contributed by atoms with van der Waals surface area (Å²) in [5, 5.41) is 17.8. The number of hydrogen-bond donors (Lipinski definition) is 0. The molecular formula is C24H24N4O3. The van der Waals surface area contributed by atoms with E-state index in [1.165, 1.54) is 9.58 Å². The third kappa shape index (κ3) is 3.52. The molecule has 7 nitrogen and oxygen atoms in total. The van der Waals surface area contributed by atoms with Crippen LogP contribution in [-0.4, -0.2) is 33.0 Å². The molecular weight excluding hydrogens is 392 g/mol. The van der Waals surface area contributed by atoms with E-state index in [0.717, 1.165) is 5.56 Å². The monoisotopic (exact) mass is 416 g/mol. The highest BCUT2D eigenvalue weighted by atomic mass is 16.3. The summed E-state index contributed by atoms with van der Waals surface area (Å²) in [4.78, 5) is 28.0. The summed E-state index contributed by atoms with van der Waals surface area (Å²) >= 11 is 0. The summed E-state index contributed by atoms with van der Waals surface area (Å²) < 4.78 is 2.91. The summed E-state index contributed by atoms with van der Waals surface area (Å²) in [5.41, 5.74) is 2.38. The molecule has 0 aliphatic carbocycles. The fourth-order valence-corrected chi connectivity index (χ4v) is 3.83. The molecule has 1 aliphatic heterocycles. The van der Waals surface area contributed by atoms with Crippen LogP contribution in [0, 0.1) is 19.8 Å². The maximum atomic E-state index is 13.4. The maximum absolute atomic E-state index is 13.4. The molecule has 1 aliphatic rings. The first-order valence-corrected chi connectivity index (χ1v) is 10.2. The highest BCUT2D eigenvalue weighted by Crippen LogP contribution is 2.36. The number of rotatable bonds is 5. The van der Waals surface area contributed by atoms with Crippen LogP contribution >= 0.6 is 0 Å². The summed E-state index contributed by atoms with van der Waals surface area (Å²) in [6, 6.07) is 12.7. The van der Waals surface area contributed by atoms with Crippen molar-refractivity contribution in [3.05, 3.63) is 71.7 Å². The molecule has 0 atom stereocenters. The first-order valence-electron chi connectivity index (χ1n) is 10.2. The predicted octanol–water partition coefficient (Wildman–Crippen LogP) is 2.24. The lowest BCUT2D eigenvalue weighted by molar-refractivity contribution is -0.577. The Morgan fingerprint density at radius 2 is 1.74 bits per heavy atom. The lowest BCUT2D eigenvalue weighted by atomic mass is 10.0. The molecule has 0 spiro atoms. The Hall–Kier alpha value is -3.74. The number of benzene rings is 1. The minimum Gasteiger partial charge on any atom is -0.858 e. The zero-order chi connectivity index (χ0) is 22.3. The number of carbonyl (C=O) groups is 2. The molecule has 0 unspecified atom stereocenters. The van der Waals surface area contributed by atoms with Crippen LogP contribution in [-0.2, 0) is 9.59 Å². The van der Waals surface area contributed by atoms with Crippen molar-refractivity contribution >= 4 is 23.1 Å². The number of pyridine rings is 1. The summed E-state index contributed by atoms with van der Waals surface area (Å²) in [6.45, 7) is 7.74. The van der Waals surface area contributed by atoms with E-state index in [2.05, 4.69) is 5.10 Å². The number of para-hydroxylation sites is 1. The van der Waals surface area contributed by atoms with Gasteiger partial charge in [-0.05, 0) is 43.8 Å². The van der Waals surface area contributed by atoms with Gasteiger partial charge in [0.2, 0.25) is 0 Å². The molecule has 2 amide bonds. The van der Waals surface area contributed by atoms with Crippen molar-refractivity contribution in [1.82, 2.24) is 14.7 Å². The van der Waals surface area contributed by atoms with Crippen molar-refractivity contribution in [3.8, 4) is 11.6 Å². The number of carbonyl (C=O) groups excluding carboxylic acids is 2. The lowest BCUT2D eigenvalue weighted by Gasteiger charge is -2.17. The van der Waals surface area contributed by atoms with Gasteiger partial charge in [0.05, 0.1) is 11.4 Å². The topological polar surface area (TPSA) is 82.1 Å². The molecule has 0 N–H and O–H groups in total. The Morgan fingerprint density at radius 3 is 2.39 bits per heavy atom. The number of aromatic nitrogens is 3. The second-order valence-electron chi connectivity index (χ2n) is 8.14. The van der Waals surface area contributed by atoms with Gasteiger partial charge in [-0.3, -0.25) is 14.5 Å². The average molecular weight is 416 g/mol. The fourth-order valence-electron chi connectivity index (χ4n) is 3.83. The quantitative estimate of drug-likeness (QED) is 0.472. The number of imide groups is 1. The average Bonchev–Trinajstić information content (AvgIpc) is 3.15. The van der Waals surface area contributed by atoms with E-state index in [-0.39, 0.29) is 29.3 Å². The summed E-state index contributed by atoms with van der Waals surface area (Å²) in [5.74, 6) is -1.20. The first-order chi connectivity index (χ1) is 14.8. The standard InChI is InChI=1S/C24H24N4O3/c1-15(2)13-27-22(29)20(21(24(27)31)26-12-8-9-16(3)14-26)19-17(4)25-28(23(19)30)18-10-6-5-7-11-18/h5-12,14-15H,13H2,1-4H3. The van der Waals surface area contributed by atoms with Crippen LogP contribution in [0.3, 0.4) is 0 Å². The number of nitrogens with zero attached hydrogens (tertiary/aromatic N) is 4. The molecule has 0 fully saturated rings. The van der Waals surface area contributed by atoms with E-state index in [0.29, 0.717) is 11.4 Å². The Bertz CT molecular complexity index is 1210. The van der Waals surface area contributed by atoms with Crippen LogP contribution in [0.4, 0.5) is 0 Å². The van der Waals surface area contributed by atoms with E-state index in [9.17, 15) is 14.7 Å². The lowest BCUT2D eigenvalue weighted by Crippen LogP contribution is -2.41. The molecule has 158 valence electrons. The van der Waals surface area contributed by atoms with Crippen LogP contribution in [0.1, 0.15) is 30.7 Å². The summed E-state index contributed by atoms with van der Waals surface area (Å²) in [6.07, 6.45) is 3.49. The van der Waals surface area contributed by atoms with Crippen LogP contribution in [0.5, 0.6) is 5.88 Å². The molecule has 2 aromatic heterocycles. The molecule has 4 rings (SSSR count). The Kier molecular flexibility index (Phi) is 5.19. The Balaban J connectivity index is 1.96. The van der Waals surface area contributed by atoms with E-state index in [1.807, 2.05) is 45.0 Å². The molecule has 31 heavy (non-hydrogen) atoms. The smallest absolute Gasteiger partial charge is 0.326 e. The minimum absolute atomic E-state index is 0.0934. The van der Waals surface area contributed by atoms with Crippen LogP contribution in [0.15, 0.2) is 54.9 Å². The molecule has 0 radical (unpaired) electrons. The molecule has 0 saturated heterocycles. The molecule has 7 heteroatoms. The highest BCUT2D eigenvalue weighted by Gasteiger charge is 2.46. The van der Waals surface area contributed by atoms with Gasteiger partial charge in [0, 0.05) is 23.7 Å². The molecule has 0 bridgehead atoms. The van der Waals surface area contributed by atoms with Gasteiger partial charge in [-0.1, -0.05) is 32.0 Å². The maximum Gasteiger partial charge on any atom is 0.326 e. The van der Waals surface area contributed by atoms with Gasteiger partial charge in [0.25, 0.3) is 11.6 Å². The van der Waals surface area contributed by atoms with Crippen LogP contribution in [0.25, 0.3) is 17.0 Å². The third-order valence-electron chi connectivity index (χ3n) is 5.17. The molecule has 0 saturated carbocycles. The van der Waals surface area contributed by atoms with Crippen molar-refractivity contribution in [2.75, 3.05) is 6.54 Å². The number of hydrogen-bond acceptors (Lipinski definition) is 4. The third-order valence-corrected chi connectivity index (χ3v) is 5.17. The van der Waals surface area contributed by atoms with Crippen molar-refractivity contribution in [2.45, 2.75) is 27.7 Å². The molecule has 3 aromatic rings. The minimum atomic E-state index is -0.462. The zero-order valence-electron chi connectivity index (χ0n) is 18.0. The normalized spacial score (nSPS) is 14.3. The van der Waals surface area contributed by atoms with Gasteiger partial charge in [-0.15, -0.1) is 0 Å². The van der Waals surface area contributed by atoms with E-state index >= 15 is 0 Å². The van der Waals surface area contributed by atoms with Crippen molar-refractivity contribution < 1.29 is 19.3 Å². The van der Waals surface area contributed by atoms with Gasteiger partial charge in [0.15, 0.2) is 12.4 Å². The predicted molar refractivity (Wildman–Crippen MR) is 114 cm³/mol. The fraction of sp³-hybridized carbons (Fsp3) is 0.250. The van der Waals surface area contributed by atoms with Gasteiger partial charge in [0.1, 0.15) is 5.57 Å². The Morgan fingerprint density at radius 1 is 1.03 bits per heavy atom. The molecule has 1 aromatic carbocycles. The van der Waals surface area contributed by atoms with Crippen LogP contribution in [0.2, 0.25) is 0 Å². The second-order valence-corrected chi connectivity index (χ2v) is 8.14. The highest BCUT2D eigenvalue weighted by molar-refractivity contribution is 6.44. The number of aryl methyl sites for hydroxylation is 2. The second kappa shape index (κ2) is 7.83. The molecule has 3 heterocycles. The van der Waals surface area contributed by atoms with Crippen molar-refractivity contribution in [1.29, 1.82) is 0 Å². The van der Waals surface area contributed by atoms with Gasteiger partial charge >= 0.3 is 5.91 Å². The van der Waals surface area contributed by atoms with Crippen molar-refractivity contribution in [2.24, 2.45) is 5.92 Å². The van der Waals surface area contributed by atoms with E-state index in [4.69, 9.17) is 0 Å². The number of amides is 2. The first kappa shape index (κ1) is 20.5.